The Hall–Kier alpha value is -2.75. The lowest BCUT2D eigenvalue weighted by Crippen LogP contribution is -2.26. The number of anilines is 1. The minimum absolute atomic E-state index is 0. The van der Waals surface area contributed by atoms with Crippen molar-refractivity contribution in [2.75, 3.05) is 11.4 Å². The van der Waals surface area contributed by atoms with Crippen molar-refractivity contribution >= 4 is 34.7 Å². The number of aromatic nitrogens is 3. The SMILES string of the molecule is Cl.NC/C(=C\F)Cn1ncn(Cc2ccc(N3Cc4ccccc4C3=O)s2)c1=O. The van der Waals surface area contributed by atoms with E-state index in [-0.39, 0.29) is 42.7 Å². The largest absolute Gasteiger partial charge is 0.346 e. The standard InChI is InChI=1S/C19H18FN5O2S.ClH/c20-7-13(8-21)9-25-19(27)23(12-22-25)11-15-5-6-17(28-15)24-10-14-3-1-2-4-16(14)18(24)26;/h1-7,12H,8-11,21H2;1H/b13-7+;. The number of nitrogens with zero attached hydrogens (tertiary/aromatic N) is 4. The van der Waals surface area contributed by atoms with E-state index in [4.69, 9.17) is 5.73 Å². The van der Waals surface area contributed by atoms with E-state index in [0.29, 0.717) is 19.4 Å². The molecule has 0 spiro atoms. The number of carbonyl (C=O) groups is 1. The Labute approximate surface area is 176 Å². The molecule has 0 unspecified atom stereocenters. The monoisotopic (exact) mass is 435 g/mol. The van der Waals surface area contributed by atoms with E-state index in [0.717, 1.165) is 21.0 Å². The number of halogens is 2. The van der Waals surface area contributed by atoms with Gasteiger partial charge in [-0.2, -0.15) is 5.10 Å². The van der Waals surface area contributed by atoms with Gasteiger partial charge >= 0.3 is 5.69 Å². The average molecular weight is 436 g/mol. The fraction of sp³-hybridized carbons (Fsp3) is 0.211. The topological polar surface area (TPSA) is 86.2 Å². The van der Waals surface area contributed by atoms with Crippen molar-refractivity contribution in [1.29, 1.82) is 0 Å². The first kappa shape index (κ1) is 21.0. The summed E-state index contributed by atoms with van der Waals surface area (Å²) in [6.07, 6.45) is 1.83. The molecule has 0 radical (unpaired) electrons. The van der Waals surface area contributed by atoms with Crippen LogP contribution in [0.2, 0.25) is 0 Å². The molecular weight excluding hydrogens is 417 g/mol. The quantitative estimate of drug-likeness (QED) is 0.644. The van der Waals surface area contributed by atoms with Crippen molar-refractivity contribution in [3.05, 3.63) is 81.1 Å². The van der Waals surface area contributed by atoms with Crippen LogP contribution in [-0.2, 0) is 19.6 Å². The highest BCUT2D eigenvalue weighted by molar-refractivity contribution is 7.16. The van der Waals surface area contributed by atoms with Crippen molar-refractivity contribution < 1.29 is 9.18 Å². The van der Waals surface area contributed by atoms with Crippen molar-refractivity contribution in [3.8, 4) is 0 Å². The molecule has 29 heavy (non-hydrogen) atoms. The summed E-state index contributed by atoms with van der Waals surface area (Å²) in [5.74, 6) is -0.0127. The van der Waals surface area contributed by atoms with Gasteiger partial charge in [0.1, 0.15) is 6.33 Å². The second-order valence-corrected chi connectivity index (χ2v) is 7.61. The summed E-state index contributed by atoms with van der Waals surface area (Å²) in [5.41, 5.74) is 7.12. The summed E-state index contributed by atoms with van der Waals surface area (Å²) in [6, 6.07) is 11.4. The van der Waals surface area contributed by atoms with E-state index in [1.54, 1.807) is 4.90 Å². The summed E-state index contributed by atoms with van der Waals surface area (Å²) in [7, 11) is 0. The van der Waals surface area contributed by atoms with Crippen molar-refractivity contribution in [2.45, 2.75) is 19.6 Å². The second-order valence-electron chi connectivity index (χ2n) is 6.46. The summed E-state index contributed by atoms with van der Waals surface area (Å²) < 4.78 is 15.3. The van der Waals surface area contributed by atoms with Crippen LogP contribution >= 0.6 is 23.7 Å². The molecule has 1 aliphatic heterocycles. The first-order chi connectivity index (χ1) is 13.6. The molecule has 1 aromatic carbocycles. The third kappa shape index (κ3) is 4.02. The maximum absolute atomic E-state index is 12.7. The number of hydrogen-bond acceptors (Lipinski definition) is 5. The average Bonchev–Trinajstić information content (AvgIpc) is 3.40. The number of thiophene rings is 1. The molecule has 7 nitrogen and oxygen atoms in total. The highest BCUT2D eigenvalue weighted by atomic mass is 35.5. The molecule has 10 heteroatoms. The molecule has 3 heterocycles. The van der Waals surface area contributed by atoms with Crippen molar-refractivity contribution in [2.24, 2.45) is 5.73 Å². The molecule has 0 fully saturated rings. The maximum Gasteiger partial charge on any atom is 0.346 e. The third-order valence-corrected chi connectivity index (χ3v) is 5.72. The molecule has 0 bridgehead atoms. The van der Waals surface area contributed by atoms with E-state index in [2.05, 4.69) is 5.10 Å². The predicted molar refractivity (Wildman–Crippen MR) is 112 cm³/mol. The number of carbonyl (C=O) groups excluding carboxylic acids is 1. The zero-order chi connectivity index (χ0) is 19.7. The molecule has 0 saturated heterocycles. The first-order valence-electron chi connectivity index (χ1n) is 8.69. The highest BCUT2D eigenvalue weighted by Gasteiger charge is 2.28. The number of amides is 1. The summed E-state index contributed by atoms with van der Waals surface area (Å²) in [6.45, 7) is 0.922. The normalized spacial score (nSPS) is 13.5. The molecule has 0 atom stereocenters. The van der Waals surface area contributed by atoms with Crippen LogP contribution in [0.1, 0.15) is 20.8 Å². The van der Waals surface area contributed by atoms with Crippen LogP contribution in [0.4, 0.5) is 9.39 Å². The maximum atomic E-state index is 12.7. The minimum Gasteiger partial charge on any atom is -0.327 e. The van der Waals surface area contributed by atoms with Crippen molar-refractivity contribution in [3.63, 3.8) is 0 Å². The van der Waals surface area contributed by atoms with E-state index in [1.165, 1.54) is 26.9 Å². The van der Waals surface area contributed by atoms with Gasteiger partial charge in [0.15, 0.2) is 0 Å². The number of benzene rings is 1. The Kier molecular flexibility index (Phi) is 6.31. The van der Waals surface area contributed by atoms with Gasteiger partial charge in [0, 0.05) is 17.0 Å². The lowest BCUT2D eigenvalue weighted by molar-refractivity contribution is 0.0997. The van der Waals surface area contributed by atoms with Crippen LogP contribution in [0.25, 0.3) is 0 Å². The van der Waals surface area contributed by atoms with Gasteiger partial charge < -0.3 is 5.73 Å². The zero-order valence-corrected chi connectivity index (χ0v) is 17.0. The predicted octanol–water partition coefficient (Wildman–Crippen LogP) is 2.55. The molecule has 1 aliphatic rings. The molecule has 1 amide bonds. The van der Waals surface area contributed by atoms with Crippen LogP contribution in [-0.4, -0.2) is 26.8 Å². The molecule has 4 rings (SSSR count). The zero-order valence-electron chi connectivity index (χ0n) is 15.3. The van der Waals surface area contributed by atoms with E-state index in [1.807, 2.05) is 36.4 Å². The molecule has 2 aromatic heterocycles. The Morgan fingerprint density at radius 2 is 2.03 bits per heavy atom. The van der Waals surface area contributed by atoms with Gasteiger partial charge in [0.25, 0.3) is 5.91 Å². The van der Waals surface area contributed by atoms with E-state index in [9.17, 15) is 14.0 Å². The summed E-state index contributed by atoms with van der Waals surface area (Å²) in [4.78, 5) is 27.7. The smallest absolute Gasteiger partial charge is 0.327 e. The van der Waals surface area contributed by atoms with Crippen LogP contribution in [0.3, 0.4) is 0 Å². The van der Waals surface area contributed by atoms with E-state index < -0.39 is 0 Å². The van der Waals surface area contributed by atoms with E-state index >= 15 is 0 Å². The van der Waals surface area contributed by atoms with Crippen molar-refractivity contribution in [1.82, 2.24) is 14.3 Å². The van der Waals surface area contributed by atoms with Gasteiger partial charge in [-0.25, -0.2) is 13.9 Å². The Morgan fingerprint density at radius 1 is 1.24 bits per heavy atom. The Morgan fingerprint density at radius 3 is 2.76 bits per heavy atom. The van der Waals surface area contributed by atoms with Gasteiger partial charge in [-0.05, 0) is 29.3 Å². The lowest BCUT2D eigenvalue weighted by Gasteiger charge is -2.12. The second kappa shape index (κ2) is 8.73. The number of fused-ring (bicyclic) bond motifs is 1. The molecule has 2 N–H and O–H groups in total. The fourth-order valence-corrected chi connectivity index (χ4v) is 4.12. The third-order valence-electron chi connectivity index (χ3n) is 4.63. The Bertz CT molecular complexity index is 1120. The summed E-state index contributed by atoms with van der Waals surface area (Å²) in [5, 5.41) is 4.85. The van der Waals surface area contributed by atoms with Crippen LogP contribution < -0.4 is 16.3 Å². The molecular formula is C19H19ClFN5O2S. The molecule has 3 aromatic rings. The van der Waals surface area contributed by atoms with Gasteiger partial charge in [-0.1, -0.05) is 18.2 Å². The summed E-state index contributed by atoms with van der Waals surface area (Å²) >= 11 is 1.46. The first-order valence-corrected chi connectivity index (χ1v) is 9.51. The lowest BCUT2D eigenvalue weighted by atomic mass is 10.1. The highest BCUT2D eigenvalue weighted by Crippen LogP contribution is 2.33. The molecule has 0 saturated carbocycles. The van der Waals surface area contributed by atoms with Gasteiger partial charge in [-0.15, -0.1) is 23.7 Å². The van der Waals surface area contributed by atoms with Gasteiger partial charge in [0.2, 0.25) is 0 Å². The van der Waals surface area contributed by atoms with Crippen LogP contribution in [0.15, 0.2) is 59.4 Å². The molecule has 0 aliphatic carbocycles. The number of hydrogen-bond donors (Lipinski definition) is 1. The Balaban J connectivity index is 0.00000240. The van der Waals surface area contributed by atoms with Crippen LogP contribution in [0, 0.1) is 0 Å². The van der Waals surface area contributed by atoms with Gasteiger partial charge in [-0.3, -0.25) is 14.3 Å². The number of nitrogens with two attached hydrogens (primary N) is 1. The van der Waals surface area contributed by atoms with Gasteiger partial charge in [0.05, 0.1) is 31.0 Å². The number of rotatable bonds is 6. The fourth-order valence-electron chi connectivity index (χ4n) is 3.12. The minimum atomic E-state index is -0.340. The molecule has 152 valence electrons. The van der Waals surface area contributed by atoms with Crippen LogP contribution in [0.5, 0.6) is 0 Å².